The van der Waals surface area contributed by atoms with E-state index in [2.05, 4.69) is 16.2 Å². The number of carbonyl (C=O) groups excluding carboxylic acids is 1. The van der Waals surface area contributed by atoms with Crippen molar-refractivity contribution in [2.75, 3.05) is 11.9 Å². The SMILES string of the molecule is O=C(COc1cccc(F)c1)NNC(=S)Nc1ccc([N+](=O)[O-])cc1. The number of nitrogens with one attached hydrogen (secondary N) is 3. The molecular weight excluding hydrogens is 351 g/mol. The van der Waals surface area contributed by atoms with Crippen LogP contribution < -0.4 is 20.9 Å². The number of nitro benzene ring substituents is 1. The fourth-order valence-electron chi connectivity index (χ4n) is 1.70. The maximum Gasteiger partial charge on any atom is 0.276 e. The van der Waals surface area contributed by atoms with Gasteiger partial charge in [0, 0.05) is 23.9 Å². The highest BCUT2D eigenvalue weighted by Gasteiger charge is 2.06. The molecule has 0 saturated heterocycles. The van der Waals surface area contributed by atoms with Gasteiger partial charge in [0.25, 0.3) is 11.6 Å². The Kier molecular flexibility index (Phi) is 6.18. The standard InChI is InChI=1S/C15H13FN4O4S/c16-10-2-1-3-13(8-10)24-9-14(21)18-19-15(25)17-11-4-6-12(7-5-11)20(22)23/h1-8H,9H2,(H,18,21)(H2,17,19,25). The highest BCUT2D eigenvalue weighted by Crippen LogP contribution is 2.15. The molecule has 0 fully saturated rings. The molecule has 0 heterocycles. The van der Waals surface area contributed by atoms with Crippen LogP contribution in [-0.2, 0) is 4.79 Å². The van der Waals surface area contributed by atoms with Crippen molar-refractivity contribution in [1.29, 1.82) is 0 Å². The summed E-state index contributed by atoms with van der Waals surface area (Å²) >= 11 is 4.97. The van der Waals surface area contributed by atoms with Gasteiger partial charge in [-0.25, -0.2) is 4.39 Å². The quantitative estimate of drug-likeness (QED) is 0.424. The number of hydrogen-bond donors (Lipinski definition) is 3. The Morgan fingerprint density at radius 3 is 2.56 bits per heavy atom. The molecule has 0 spiro atoms. The minimum atomic E-state index is -0.530. The van der Waals surface area contributed by atoms with Crippen LogP contribution in [0.5, 0.6) is 5.75 Å². The number of halogens is 1. The summed E-state index contributed by atoms with van der Waals surface area (Å²) in [5.74, 6) is -0.775. The fraction of sp³-hybridized carbons (Fsp3) is 0.0667. The summed E-state index contributed by atoms with van der Waals surface area (Å²) in [7, 11) is 0. The Balaban J connectivity index is 1.73. The topological polar surface area (TPSA) is 106 Å². The van der Waals surface area contributed by atoms with E-state index >= 15 is 0 Å². The number of nitrogens with zero attached hydrogens (tertiary/aromatic N) is 1. The van der Waals surface area contributed by atoms with Gasteiger partial charge in [-0.3, -0.25) is 25.8 Å². The van der Waals surface area contributed by atoms with E-state index in [0.717, 1.165) is 6.07 Å². The number of hydrazine groups is 1. The van der Waals surface area contributed by atoms with E-state index in [4.69, 9.17) is 17.0 Å². The molecule has 1 amide bonds. The molecule has 0 aliphatic rings. The summed E-state index contributed by atoms with van der Waals surface area (Å²) in [4.78, 5) is 21.7. The minimum Gasteiger partial charge on any atom is -0.484 e. The first-order chi connectivity index (χ1) is 11.9. The number of ether oxygens (including phenoxy) is 1. The second kappa shape index (κ2) is 8.55. The molecule has 0 aliphatic heterocycles. The lowest BCUT2D eigenvalue weighted by atomic mass is 10.3. The molecule has 0 aliphatic carbocycles. The molecule has 0 radical (unpaired) electrons. The zero-order chi connectivity index (χ0) is 18.2. The van der Waals surface area contributed by atoms with Crippen LogP contribution in [0, 0.1) is 15.9 Å². The summed E-state index contributed by atoms with van der Waals surface area (Å²) in [5.41, 5.74) is 5.21. The number of rotatable bonds is 5. The molecule has 0 aromatic heterocycles. The number of hydrogen-bond acceptors (Lipinski definition) is 5. The Labute approximate surface area is 147 Å². The monoisotopic (exact) mass is 364 g/mol. The molecule has 0 bridgehead atoms. The first kappa shape index (κ1) is 18.1. The van der Waals surface area contributed by atoms with Gasteiger partial charge in [-0.05, 0) is 36.5 Å². The van der Waals surface area contributed by atoms with Crippen LogP contribution >= 0.6 is 12.2 Å². The molecule has 0 atom stereocenters. The normalized spacial score (nSPS) is 9.80. The van der Waals surface area contributed by atoms with Crippen LogP contribution in [0.3, 0.4) is 0 Å². The summed E-state index contributed by atoms with van der Waals surface area (Å²) in [6.45, 7) is -0.337. The van der Waals surface area contributed by atoms with E-state index in [1.165, 1.54) is 42.5 Å². The Bertz CT molecular complexity index is 785. The lowest BCUT2D eigenvalue weighted by Crippen LogP contribution is -2.45. The predicted octanol–water partition coefficient (Wildman–Crippen LogP) is 2.13. The molecule has 2 rings (SSSR count). The van der Waals surface area contributed by atoms with Crippen molar-refractivity contribution < 1.29 is 18.8 Å². The van der Waals surface area contributed by atoms with Crippen LogP contribution in [0.25, 0.3) is 0 Å². The van der Waals surface area contributed by atoms with Crippen molar-refractivity contribution in [3.05, 3.63) is 64.5 Å². The maximum absolute atomic E-state index is 13.0. The van der Waals surface area contributed by atoms with Crippen molar-refractivity contribution in [3.8, 4) is 5.75 Å². The van der Waals surface area contributed by atoms with Crippen molar-refractivity contribution in [1.82, 2.24) is 10.9 Å². The lowest BCUT2D eigenvalue weighted by Gasteiger charge is -2.12. The third-order valence-electron chi connectivity index (χ3n) is 2.82. The first-order valence-corrected chi connectivity index (χ1v) is 7.33. The average molecular weight is 364 g/mol. The van der Waals surface area contributed by atoms with Crippen molar-refractivity contribution in [2.24, 2.45) is 0 Å². The number of carbonyl (C=O) groups is 1. The molecule has 8 nitrogen and oxygen atoms in total. The van der Waals surface area contributed by atoms with Gasteiger partial charge in [-0.2, -0.15) is 0 Å². The van der Waals surface area contributed by atoms with Gasteiger partial charge in [-0.15, -0.1) is 0 Å². The smallest absolute Gasteiger partial charge is 0.276 e. The van der Waals surface area contributed by atoms with Crippen LogP contribution in [-0.4, -0.2) is 22.5 Å². The molecule has 3 N–H and O–H groups in total. The van der Waals surface area contributed by atoms with Crippen molar-refractivity contribution in [2.45, 2.75) is 0 Å². The Morgan fingerprint density at radius 1 is 1.20 bits per heavy atom. The number of anilines is 1. The van der Waals surface area contributed by atoms with Crippen LogP contribution in [0.2, 0.25) is 0 Å². The zero-order valence-corrected chi connectivity index (χ0v) is 13.5. The summed E-state index contributed by atoms with van der Waals surface area (Å²) in [5, 5.41) is 13.4. The lowest BCUT2D eigenvalue weighted by molar-refractivity contribution is -0.384. The third-order valence-corrected chi connectivity index (χ3v) is 3.02. The molecule has 25 heavy (non-hydrogen) atoms. The largest absolute Gasteiger partial charge is 0.484 e. The number of non-ortho nitro benzene ring substituents is 1. The van der Waals surface area contributed by atoms with Crippen LogP contribution in [0.4, 0.5) is 15.8 Å². The molecule has 2 aromatic carbocycles. The summed E-state index contributed by atoms with van der Waals surface area (Å²) in [6, 6.07) is 11.0. The van der Waals surface area contributed by atoms with E-state index < -0.39 is 16.6 Å². The minimum absolute atomic E-state index is 0.0489. The molecule has 10 heteroatoms. The van der Waals surface area contributed by atoms with Gasteiger partial charge in [0.1, 0.15) is 11.6 Å². The van der Waals surface area contributed by atoms with E-state index in [9.17, 15) is 19.3 Å². The van der Waals surface area contributed by atoms with Gasteiger partial charge in [0.15, 0.2) is 11.7 Å². The average Bonchev–Trinajstić information content (AvgIpc) is 2.58. The Morgan fingerprint density at radius 2 is 1.92 bits per heavy atom. The molecule has 0 unspecified atom stereocenters. The highest BCUT2D eigenvalue weighted by atomic mass is 32.1. The fourth-order valence-corrected chi connectivity index (χ4v) is 1.87. The Hall–Kier alpha value is -3.27. The summed E-state index contributed by atoms with van der Waals surface area (Å²) < 4.78 is 18.1. The van der Waals surface area contributed by atoms with E-state index in [0.29, 0.717) is 5.69 Å². The van der Waals surface area contributed by atoms with Crippen LogP contribution in [0.15, 0.2) is 48.5 Å². The van der Waals surface area contributed by atoms with Crippen LogP contribution in [0.1, 0.15) is 0 Å². The second-order valence-corrected chi connectivity index (χ2v) is 5.09. The van der Waals surface area contributed by atoms with Gasteiger partial charge in [0.05, 0.1) is 4.92 Å². The van der Waals surface area contributed by atoms with E-state index in [1.807, 2.05) is 0 Å². The highest BCUT2D eigenvalue weighted by molar-refractivity contribution is 7.80. The number of nitro groups is 1. The first-order valence-electron chi connectivity index (χ1n) is 6.93. The molecule has 130 valence electrons. The molecule has 0 saturated carbocycles. The number of thiocarbonyl (C=S) groups is 1. The number of amides is 1. The van der Waals surface area contributed by atoms with Crippen molar-refractivity contribution in [3.63, 3.8) is 0 Å². The van der Waals surface area contributed by atoms with Gasteiger partial charge < -0.3 is 10.1 Å². The number of benzene rings is 2. The summed E-state index contributed by atoms with van der Waals surface area (Å²) in [6.07, 6.45) is 0. The van der Waals surface area contributed by atoms with Gasteiger partial charge >= 0.3 is 0 Å². The van der Waals surface area contributed by atoms with E-state index in [1.54, 1.807) is 0 Å². The molecular formula is C15H13FN4O4S. The zero-order valence-electron chi connectivity index (χ0n) is 12.7. The molecule has 2 aromatic rings. The maximum atomic E-state index is 13.0. The third kappa shape index (κ3) is 6.03. The second-order valence-electron chi connectivity index (χ2n) is 4.68. The van der Waals surface area contributed by atoms with Crippen molar-refractivity contribution >= 4 is 34.6 Å². The van der Waals surface area contributed by atoms with Gasteiger partial charge in [-0.1, -0.05) is 6.07 Å². The van der Waals surface area contributed by atoms with Gasteiger partial charge in [0.2, 0.25) is 0 Å². The van der Waals surface area contributed by atoms with E-state index in [-0.39, 0.29) is 23.2 Å². The predicted molar refractivity (Wildman–Crippen MR) is 92.5 cm³/mol.